The van der Waals surface area contributed by atoms with Crippen LogP contribution in [0.25, 0.3) is 10.9 Å². The van der Waals surface area contributed by atoms with Crippen molar-refractivity contribution in [3.05, 3.63) is 90.1 Å². The van der Waals surface area contributed by atoms with Gasteiger partial charge in [-0.05, 0) is 30.0 Å². The molecule has 0 fully saturated rings. The molecule has 12 N–H and O–H groups in total. The molecule has 4 aromatic rings. The van der Waals surface area contributed by atoms with Crippen molar-refractivity contribution in [2.75, 3.05) is 6.54 Å². The summed E-state index contributed by atoms with van der Waals surface area (Å²) in [6, 6.07) is 12.0. The van der Waals surface area contributed by atoms with Gasteiger partial charge in [0.15, 0.2) is 5.96 Å². The first-order valence-electron chi connectivity index (χ1n) is 15.1. The van der Waals surface area contributed by atoms with E-state index < -0.39 is 47.9 Å². The summed E-state index contributed by atoms with van der Waals surface area (Å²) >= 11 is 0. The fourth-order valence-corrected chi connectivity index (χ4v) is 5.10. The van der Waals surface area contributed by atoms with Crippen LogP contribution in [0.2, 0.25) is 0 Å². The number of nitrogens with zero attached hydrogens (tertiary/aromatic N) is 2. The average Bonchev–Trinajstić information content (AvgIpc) is 3.72. The van der Waals surface area contributed by atoms with Crippen LogP contribution in [0.3, 0.4) is 0 Å². The Morgan fingerprint density at radius 1 is 0.830 bits per heavy atom. The van der Waals surface area contributed by atoms with Gasteiger partial charge in [-0.3, -0.25) is 19.4 Å². The summed E-state index contributed by atoms with van der Waals surface area (Å²) in [5, 5.41) is 18.7. The number of carboxylic acids is 1. The van der Waals surface area contributed by atoms with Crippen LogP contribution in [0.4, 0.5) is 0 Å². The Morgan fingerprint density at radius 2 is 1.49 bits per heavy atom. The fraction of sp³-hybridized carbons (Fsp3) is 0.312. The Hall–Kier alpha value is -5.70. The van der Waals surface area contributed by atoms with E-state index >= 15 is 0 Å². The maximum Gasteiger partial charge on any atom is 0.326 e. The van der Waals surface area contributed by atoms with Gasteiger partial charge in [0.2, 0.25) is 17.7 Å². The molecule has 0 saturated carbocycles. The predicted molar refractivity (Wildman–Crippen MR) is 176 cm³/mol. The molecule has 0 spiro atoms. The lowest BCUT2D eigenvalue weighted by atomic mass is 10.0. The highest BCUT2D eigenvalue weighted by atomic mass is 16.4. The number of aromatic amines is 2. The van der Waals surface area contributed by atoms with E-state index in [1.54, 1.807) is 12.4 Å². The molecule has 4 unspecified atom stereocenters. The van der Waals surface area contributed by atoms with Gasteiger partial charge in [0, 0.05) is 54.8 Å². The second-order valence-electron chi connectivity index (χ2n) is 11.1. The number of nitrogens with one attached hydrogen (secondary N) is 5. The molecule has 0 bridgehead atoms. The zero-order valence-electron chi connectivity index (χ0n) is 25.7. The summed E-state index contributed by atoms with van der Waals surface area (Å²) in [5.74, 6) is -3.29. The average molecular weight is 645 g/mol. The van der Waals surface area contributed by atoms with Crippen LogP contribution < -0.4 is 33.2 Å². The van der Waals surface area contributed by atoms with E-state index in [4.69, 9.17) is 17.2 Å². The zero-order chi connectivity index (χ0) is 33.8. The summed E-state index contributed by atoms with van der Waals surface area (Å²) < 4.78 is 0. The highest BCUT2D eigenvalue weighted by Gasteiger charge is 2.31. The van der Waals surface area contributed by atoms with Gasteiger partial charge in [0.25, 0.3) is 0 Å². The molecule has 248 valence electrons. The molecule has 2 aromatic heterocycles. The topological polar surface area (TPSA) is 259 Å². The van der Waals surface area contributed by atoms with E-state index in [0.29, 0.717) is 12.1 Å². The summed E-state index contributed by atoms with van der Waals surface area (Å²) in [6.07, 6.45) is 5.41. The number of fused-ring (bicyclic) bond motifs is 1. The van der Waals surface area contributed by atoms with Gasteiger partial charge in [0.05, 0.1) is 12.4 Å². The smallest absolute Gasteiger partial charge is 0.326 e. The summed E-state index contributed by atoms with van der Waals surface area (Å²) in [6.45, 7) is 0.181. The van der Waals surface area contributed by atoms with Gasteiger partial charge >= 0.3 is 5.97 Å². The van der Waals surface area contributed by atoms with Crippen molar-refractivity contribution < 1.29 is 24.3 Å². The Labute approximate surface area is 270 Å². The van der Waals surface area contributed by atoms with Gasteiger partial charge in [0.1, 0.15) is 18.1 Å². The molecule has 4 rings (SSSR count). The van der Waals surface area contributed by atoms with Crippen LogP contribution in [-0.4, -0.2) is 80.4 Å². The van der Waals surface area contributed by atoms with Crippen molar-refractivity contribution in [1.82, 2.24) is 30.9 Å². The molecule has 0 aliphatic heterocycles. The molecule has 0 radical (unpaired) electrons. The molecule has 15 heteroatoms. The Balaban J connectivity index is 1.56. The second kappa shape index (κ2) is 16.6. The minimum absolute atomic E-state index is 0.0350. The molecule has 4 atom stereocenters. The number of H-pyrrole nitrogens is 2. The number of imidazole rings is 1. The van der Waals surface area contributed by atoms with E-state index in [1.165, 1.54) is 6.33 Å². The molecule has 0 aliphatic rings. The third kappa shape index (κ3) is 10.2. The van der Waals surface area contributed by atoms with Crippen molar-refractivity contribution in [3.8, 4) is 0 Å². The lowest BCUT2D eigenvalue weighted by molar-refractivity contribution is -0.142. The van der Waals surface area contributed by atoms with E-state index in [9.17, 15) is 24.3 Å². The van der Waals surface area contributed by atoms with Gasteiger partial charge in [-0.2, -0.15) is 0 Å². The number of carboxylic acid groups (broad SMARTS) is 1. The lowest BCUT2D eigenvalue weighted by Crippen LogP contribution is -2.58. The minimum atomic E-state index is -1.26. The molecule has 47 heavy (non-hydrogen) atoms. The van der Waals surface area contributed by atoms with Crippen molar-refractivity contribution in [1.29, 1.82) is 0 Å². The number of aliphatic imine (C=N–C) groups is 1. The first-order chi connectivity index (χ1) is 22.6. The first kappa shape index (κ1) is 34.2. The Bertz CT molecular complexity index is 1670. The van der Waals surface area contributed by atoms with Gasteiger partial charge in [-0.25, -0.2) is 9.78 Å². The standard InChI is InChI=1S/C32H40N10O5/c33-23(15-21-17-36-18-39-21)28(43)41-26(13-19-7-2-1-3-8-19)29(44)42-27(14-20-16-38-24-10-5-4-9-22(20)24)30(45)40-25(31(46)47)11-6-12-37-32(34)35/h1-5,7-10,16-18,23,25-27,38H,6,11-15,33H2,(H,36,39)(H,40,45)(H,41,43)(H,42,44)(H,46,47)(H4,34,35,37). The van der Waals surface area contributed by atoms with E-state index in [1.807, 2.05) is 54.6 Å². The molecular weight excluding hydrogens is 604 g/mol. The number of rotatable bonds is 17. The summed E-state index contributed by atoms with van der Waals surface area (Å²) in [4.78, 5) is 66.7. The number of para-hydroxylation sites is 1. The maximum atomic E-state index is 13.9. The third-order valence-electron chi connectivity index (χ3n) is 7.54. The number of carbonyl (C=O) groups excluding carboxylic acids is 3. The zero-order valence-corrected chi connectivity index (χ0v) is 25.7. The van der Waals surface area contributed by atoms with E-state index in [2.05, 4.69) is 35.9 Å². The largest absolute Gasteiger partial charge is 0.480 e. The molecule has 0 aliphatic carbocycles. The number of amides is 3. The normalized spacial score (nSPS) is 13.6. The van der Waals surface area contributed by atoms with Crippen LogP contribution in [0, 0.1) is 0 Å². The molecule has 3 amide bonds. The van der Waals surface area contributed by atoms with E-state index in [-0.39, 0.29) is 38.2 Å². The third-order valence-corrected chi connectivity index (χ3v) is 7.54. The number of hydrogen-bond donors (Lipinski definition) is 9. The molecule has 15 nitrogen and oxygen atoms in total. The van der Waals surface area contributed by atoms with Gasteiger partial charge in [-0.15, -0.1) is 0 Å². The lowest BCUT2D eigenvalue weighted by Gasteiger charge is -2.25. The Kier molecular flexibility index (Phi) is 12.0. The minimum Gasteiger partial charge on any atom is -0.480 e. The number of hydrogen-bond acceptors (Lipinski definition) is 7. The van der Waals surface area contributed by atoms with Crippen LogP contribution in [-0.2, 0) is 38.4 Å². The number of guanidine groups is 1. The molecule has 0 saturated heterocycles. The predicted octanol–water partition coefficient (Wildman–Crippen LogP) is -0.161. The molecular formula is C32H40N10O5. The Morgan fingerprint density at radius 3 is 2.17 bits per heavy atom. The number of nitrogens with two attached hydrogens (primary N) is 3. The number of aliphatic carboxylic acids is 1. The van der Waals surface area contributed by atoms with Crippen molar-refractivity contribution in [2.45, 2.75) is 56.3 Å². The number of aromatic nitrogens is 3. The van der Waals surface area contributed by atoms with Gasteiger partial charge in [-0.1, -0.05) is 48.5 Å². The highest BCUT2D eigenvalue weighted by molar-refractivity contribution is 5.95. The molecule has 2 aromatic carbocycles. The number of carbonyl (C=O) groups is 4. The first-order valence-corrected chi connectivity index (χ1v) is 15.1. The number of benzene rings is 2. The summed E-state index contributed by atoms with van der Waals surface area (Å²) in [7, 11) is 0. The van der Waals surface area contributed by atoms with Crippen LogP contribution in [0.15, 0.2) is 78.3 Å². The second-order valence-corrected chi connectivity index (χ2v) is 11.1. The van der Waals surface area contributed by atoms with Crippen LogP contribution in [0.5, 0.6) is 0 Å². The van der Waals surface area contributed by atoms with Crippen LogP contribution in [0.1, 0.15) is 29.7 Å². The fourth-order valence-electron chi connectivity index (χ4n) is 5.10. The van der Waals surface area contributed by atoms with E-state index in [0.717, 1.165) is 22.0 Å². The van der Waals surface area contributed by atoms with Gasteiger partial charge < -0.3 is 48.2 Å². The van der Waals surface area contributed by atoms with Crippen molar-refractivity contribution in [2.24, 2.45) is 22.2 Å². The van der Waals surface area contributed by atoms with Crippen molar-refractivity contribution >= 4 is 40.6 Å². The maximum absolute atomic E-state index is 13.9. The quantitative estimate of drug-likeness (QED) is 0.0419. The monoisotopic (exact) mass is 644 g/mol. The van der Waals surface area contributed by atoms with Crippen LogP contribution >= 0.6 is 0 Å². The summed E-state index contributed by atoms with van der Waals surface area (Å²) in [5.41, 5.74) is 19.8. The highest BCUT2D eigenvalue weighted by Crippen LogP contribution is 2.19. The molecule has 2 heterocycles. The SMILES string of the molecule is NC(N)=NCCCC(NC(=O)C(Cc1c[nH]c2ccccc12)NC(=O)C(Cc1ccccc1)NC(=O)C(N)Cc1cnc[nH]1)C(=O)O. The van der Waals surface area contributed by atoms with Crippen molar-refractivity contribution in [3.63, 3.8) is 0 Å².